The molecule has 4 nitrogen and oxygen atoms in total. The molecule has 102 valence electrons. The van der Waals surface area contributed by atoms with Crippen LogP contribution in [0.3, 0.4) is 0 Å². The Hall–Kier alpha value is -2.14. The van der Waals surface area contributed by atoms with Gasteiger partial charge in [-0.2, -0.15) is 0 Å². The maximum absolute atomic E-state index is 13.7. The Balaban J connectivity index is 1.91. The van der Waals surface area contributed by atoms with Crippen LogP contribution in [0.15, 0.2) is 36.8 Å². The van der Waals surface area contributed by atoms with Crippen LogP contribution in [0.1, 0.15) is 5.56 Å². The highest BCUT2D eigenvalue weighted by Gasteiger charge is 2.10. The standard InChI is InChI=1S/C14H12ClFN4/c1-20-8-19-13-12(20)5-6-17-14(13)18-7-9-10(15)3-2-4-11(9)16/h2-6,8H,7H2,1H3,(H,17,18). The fourth-order valence-electron chi connectivity index (χ4n) is 2.06. The summed E-state index contributed by atoms with van der Waals surface area (Å²) in [6.45, 7) is 0.258. The van der Waals surface area contributed by atoms with Crippen LogP contribution in [0.25, 0.3) is 11.0 Å². The van der Waals surface area contributed by atoms with Crippen LogP contribution < -0.4 is 5.32 Å². The molecule has 0 aliphatic rings. The number of nitrogens with zero attached hydrogens (tertiary/aromatic N) is 3. The molecule has 3 aromatic rings. The molecule has 0 aliphatic heterocycles. The van der Waals surface area contributed by atoms with Crippen LogP contribution in [0.5, 0.6) is 0 Å². The van der Waals surface area contributed by atoms with Crippen LogP contribution in [0, 0.1) is 5.82 Å². The third kappa shape index (κ3) is 2.20. The Labute approximate surface area is 120 Å². The molecule has 0 saturated heterocycles. The Kier molecular flexibility index (Phi) is 3.28. The average Bonchev–Trinajstić information content (AvgIpc) is 2.81. The number of halogens is 2. The third-order valence-electron chi connectivity index (χ3n) is 3.14. The van der Waals surface area contributed by atoms with Crippen molar-refractivity contribution < 1.29 is 4.39 Å². The molecule has 2 aromatic heterocycles. The van der Waals surface area contributed by atoms with Crippen molar-refractivity contribution in [3.63, 3.8) is 0 Å². The summed E-state index contributed by atoms with van der Waals surface area (Å²) >= 11 is 6.00. The highest BCUT2D eigenvalue weighted by atomic mass is 35.5. The van der Waals surface area contributed by atoms with Crippen molar-refractivity contribution in [1.29, 1.82) is 0 Å². The van der Waals surface area contributed by atoms with Gasteiger partial charge in [-0.25, -0.2) is 14.4 Å². The number of nitrogens with one attached hydrogen (secondary N) is 1. The van der Waals surface area contributed by atoms with E-state index in [4.69, 9.17) is 11.6 Å². The molecule has 0 radical (unpaired) electrons. The number of rotatable bonds is 3. The van der Waals surface area contributed by atoms with Gasteiger partial charge in [-0.1, -0.05) is 17.7 Å². The number of aryl methyl sites for hydroxylation is 1. The number of benzene rings is 1. The Bertz CT molecular complexity index is 749. The van der Waals surface area contributed by atoms with Crippen LogP contribution in [-0.2, 0) is 13.6 Å². The second-order valence-corrected chi connectivity index (χ2v) is 4.84. The lowest BCUT2D eigenvalue weighted by Gasteiger charge is -2.09. The van der Waals surface area contributed by atoms with Gasteiger partial charge in [0, 0.05) is 30.4 Å². The van der Waals surface area contributed by atoms with E-state index in [1.807, 2.05) is 17.7 Å². The fraction of sp³-hybridized carbons (Fsp3) is 0.143. The van der Waals surface area contributed by atoms with Crippen molar-refractivity contribution in [3.8, 4) is 0 Å². The van der Waals surface area contributed by atoms with Crippen LogP contribution >= 0.6 is 11.6 Å². The van der Waals surface area contributed by atoms with Crippen molar-refractivity contribution >= 4 is 28.5 Å². The topological polar surface area (TPSA) is 42.7 Å². The first-order valence-corrected chi connectivity index (χ1v) is 6.47. The van der Waals surface area contributed by atoms with E-state index in [0.29, 0.717) is 16.4 Å². The number of imidazole rings is 1. The van der Waals surface area contributed by atoms with E-state index in [0.717, 1.165) is 11.0 Å². The number of anilines is 1. The first kappa shape index (κ1) is 12.9. The maximum Gasteiger partial charge on any atom is 0.154 e. The Morgan fingerprint density at radius 1 is 1.30 bits per heavy atom. The summed E-state index contributed by atoms with van der Waals surface area (Å²) in [7, 11) is 1.91. The number of hydrogen-bond donors (Lipinski definition) is 1. The van der Waals surface area contributed by atoms with Gasteiger partial charge in [-0.3, -0.25) is 0 Å². The summed E-state index contributed by atoms with van der Waals surface area (Å²) in [6, 6.07) is 6.51. The van der Waals surface area contributed by atoms with Gasteiger partial charge in [0.1, 0.15) is 11.3 Å². The van der Waals surface area contributed by atoms with E-state index in [2.05, 4.69) is 15.3 Å². The van der Waals surface area contributed by atoms with Gasteiger partial charge < -0.3 is 9.88 Å². The van der Waals surface area contributed by atoms with Crippen molar-refractivity contribution in [3.05, 3.63) is 53.2 Å². The lowest BCUT2D eigenvalue weighted by molar-refractivity contribution is 0.613. The van der Waals surface area contributed by atoms with Crippen molar-refractivity contribution in [2.45, 2.75) is 6.54 Å². The fourth-order valence-corrected chi connectivity index (χ4v) is 2.29. The summed E-state index contributed by atoms with van der Waals surface area (Å²) in [4.78, 5) is 8.53. The minimum Gasteiger partial charge on any atom is -0.364 e. The SMILES string of the molecule is Cn1cnc2c(NCc3c(F)cccc3Cl)nccc21. The van der Waals surface area contributed by atoms with Gasteiger partial charge in [0.15, 0.2) is 5.82 Å². The number of hydrogen-bond acceptors (Lipinski definition) is 3. The molecular weight excluding hydrogens is 279 g/mol. The summed E-state index contributed by atoms with van der Waals surface area (Å²) in [6.07, 6.45) is 3.41. The van der Waals surface area contributed by atoms with E-state index in [9.17, 15) is 4.39 Å². The van der Waals surface area contributed by atoms with E-state index in [-0.39, 0.29) is 12.4 Å². The second-order valence-electron chi connectivity index (χ2n) is 4.44. The zero-order valence-electron chi connectivity index (χ0n) is 10.8. The van der Waals surface area contributed by atoms with Gasteiger partial charge in [0.2, 0.25) is 0 Å². The predicted molar refractivity (Wildman–Crippen MR) is 77.2 cm³/mol. The summed E-state index contributed by atoms with van der Waals surface area (Å²) in [5, 5.41) is 3.48. The zero-order valence-corrected chi connectivity index (χ0v) is 11.5. The Morgan fingerprint density at radius 3 is 2.95 bits per heavy atom. The molecule has 0 unspecified atom stereocenters. The highest BCUT2D eigenvalue weighted by molar-refractivity contribution is 6.31. The average molecular weight is 291 g/mol. The van der Waals surface area contributed by atoms with Crippen molar-refractivity contribution in [2.75, 3.05) is 5.32 Å². The van der Waals surface area contributed by atoms with Gasteiger partial charge in [0.25, 0.3) is 0 Å². The number of pyridine rings is 1. The molecule has 0 bridgehead atoms. The summed E-state index contributed by atoms with van der Waals surface area (Å²) in [5.41, 5.74) is 2.13. The molecule has 0 aliphatic carbocycles. The predicted octanol–water partition coefficient (Wildman–Crippen LogP) is 3.37. The van der Waals surface area contributed by atoms with Crippen LogP contribution in [0.2, 0.25) is 5.02 Å². The summed E-state index contributed by atoms with van der Waals surface area (Å²) in [5.74, 6) is 0.278. The molecule has 0 atom stereocenters. The molecule has 0 amide bonds. The first-order valence-electron chi connectivity index (χ1n) is 6.09. The minimum absolute atomic E-state index is 0.258. The normalized spacial score (nSPS) is 10.9. The molecule has 1 N–H and O–H groups in total. The van der Waals surface area contributed by atoms with E-state index < -0.39 is 0 Å². The molecular formula is C14H12ClFN4. The van der Waals surface area contributed by atoms with Gasteiger partial charge in [-0.15, -0.1) is 0 Å². The highest BCUT2D eigenvalue weighted by Crippen LogP contribution is 2.22. The molecule has 0 spiro atoms. The third-order valence-corrected chi connectivity index (χ3v) is 3.49. The van der Waals surface area contributed by atoms with Gasteiger partial charge >= 0.3 is 0 Å². The molecule has 20 heavy (non-hydrogen) atoms. The molecule has 3 rings (SSSR count). The second kappa shape index (κ2) is 5.09. The van der Waals surface area contributed by atoms with Crippen molar-refractivity contribution in [1.82, 2.24) is 14.5 Å². The number of fused-ring (bicyclic) bond motifs is 1. The maximum atomic E-state index is 13.7. The molecule has 2 heterocycles. The smallest absolute Gasteiger partial charge is 0.154 e. The largest absolute Gasteiger partial charge is 0.364 e. The van der Waals surface area contributed by atoms with Crippen LogP contribution in [0.4, 0.5) is 10.2 Å². The van der Waals surface area contributed by atoms with E-state index in [1.54, 1.807) is 24.7 Å². The summed E-state index contributed by atoms with van der Waals surface area (Å²) < 4.78 is 15.6. The molecule has 0 saturated carbocycles. The van der Waals surface area contributed by atoms with Gasteiger partial charge in [-0.05, 0) is 18.2 Å². The van der Waals surface area contributed by atoms with Crippen LogP contribution in [-0.4, -0.2) is 14.5 Å². The van der Waals surface area contributed by atoms with E-state index in [1.165, 1.54) is 6.07 Å². The number of aromatic nitrogens is 3. The first-order chi connectivity index (χ1) is 9.66. The lowest BCUT2D eigenvalue weighted by atomic mass is 10.2. The minimum atomic E-state index is -0.335. The quantitative estimate of drug-likeness (QED) is 0.804. The monoisotopic (exact) mass is 290 g/mol. The lowest BCUT2D eigenvalue weighted by Crippen LogP contribution is -2.04. The van der Waals surface area contributed by atoms with E-state index >= 15 is 0 Å². The van der Waals surface area contributed by atoms with Crippen molar-refractivity contribution in [2.24, 2.45) is 7.05 Å². The molecule has 1 aromatic carbocycles. The zero-order chi connectivity index (χ0) is 14.1. The molecule has 6 heteroatoms. The molecule has 0 fully saturated rings. The van der Waals surface area contributed by atoms with Gasteiger partial charge in [0.05, 0.1) is 11.8 Å². The Morgan fingerprint density at radius 2 is 2.15 bits per heavy atom.